The lowest BCUT2D eigenvalue weighted by Gasteiger charge is -2.27. The number of morpholine rings is 1. The fourth-order valence-electron chi connectivity index (χ4n) is 3.71. The van der Waals surface area contributed by atoms with Crippen LogP contribution in [0.3, 0.4) is 0 Å². The van der Waals surface area contributed by atoms with E-state index in [1.165, 1.54) is 18.6 Å². The van der Waals surface area contributed by atoms with E-state index in [9.17, 15) is 9.50 Å². The fourth-order valence-corrected chi connectivity index (χ4v) is 4.88. The molecule has 1 atom stereocenters. The number of aliphatic hydroxyl groups is 1. The topological polar surface area (TPSA) is 84.3 Å². The smallest absolute Gasteiger partial charge is 0.132 e. The predicted octanol–water partition coefficient (Wildman–Crippen LogP) is 3.51. The molecule has 5 rings (SSSR count). The van der Waals surface area contributed by atoms with E-state index < -0.39 is 11.9 Å². The summed E-state index contributed by atoms with van der Waals surface area (Å²) in [4.78, 5) is 19.4. The maximum atomic E-state index is 14.9. The Hall–Kier alpha value is -3.01. The molecule has 1 fully saturated rings. The summed E-state index contributed by atoms with van der Waals surface area (Å²) in [6, 6.07) is 6.55. The van der Waals surface area contributed by atoms with E-state index in [-0.39, 0.29) is 0 Å². The Morgan fingerprint density at radius 2 is 1.90 bits per heavy atom. The van der Waals surface area contributed by atoms with Crippen LogP contribution in [-0.4, -0.2) is 51.3 Å². The van der Waals surface area contributed by atoms with Gasteiger partial charge in [-0.1, -0.05) is 6.07 Å². The summed E-state index contributed by atoms with van der Waals surface area (Å²) in [6.07, 6.45) is 3.53. The highest BCUT2D eigenvalue weighted by molar-refractivity contribution is 7.23. The molecule has 3 aromatic heterocycles. The number of hydrogen-bond acceptors (Lipinski definition) is 8. The van der Waals surface area contributed by atoms with E-state index in [4.69, 9.17) is 4.74 Å². The number of fused-ring (bicyclic) bond motifs is 1. The maximum absolute atomic E-state index is 14.9. The molecule has 31 heavy (non-hydrogen) atoms. The Balaban J connectivity index is 1.57. The van der Waals surface area contributed by atoms with Crippen LogP contribution in [0.5, 0.6) is 0 Å². The quantitative estimate of drug-likeness (QED) is 0.523. The number of aromatic nitrogens is 4. The summed E-state index contributed by atoms with van der Waals surface area (Å²) in [5, 5.41) is 11.9. The average Bonchev–Trinajstić information content (AvgIpc) is 3.25. The SMILES string of the molecule is Cc1nccnc1C(O)c1ccc(F)c(-c2ncnc3cc(N4CCOCC4)sc23)c1. The molecule has 9 heteroatoms. The van der Waals surface area contributed by atoms with Crippen molar-refractivity contribution in [2.75, 3.05) is 31.2 Å². The van der Waals surface area contributed by atoms with E-state index in [0.29, 0.717) is 41.4 Å². The summed E-state index contributed by atoms with van der Waals surface area (Å²) in [6.45, 7) is 4.77. The van der Waals surface area contributed by atoms with Crippen LogP contribution < -0.4 is 4.90 Å². The van der Waals surface area contributed by atoms with Crippen molar-refractivity contribution in [3.8, 4) is 11.3 Å². The first-order valence-electron chi connectivity index (χ1n) is 9.94. The molecule has 158 valence electrons. The van der Waals surface area contributed by atoms with Crippen LogP contribution in [0.1, 0.15) is 23.1 Å². The lowest BCUT2D eigenvalue weighted by atomic mass is 10.0. The molecule has 1 N–H and O–H groups in total. The number of rotatable bonds is 4. The number of benzene rings is 1. The normalized spacial score (nSPS) is 15.4. The van der Waals surface area contributed by atoms with Gasteiger partial charge in [-0.15, -0.1) is 11.3 Å². The van der Waals surface area contributed by atoms with Gasteiger partial charge in [-0.05, 0) is 30.7 Å². The van der Waals surface area contributed by atoms with Crippen LogP contribution >= 0.6 is 11.3 Å². The minimum absolute atomic E-state index is 0.320. The number of anilines is 1. The standard InChI is InChI=1S/C22H20FN5O2S/c1-13-19(25-5-4-24-13)21(29)14-2-3-16(23)15(10-14)20-22-17(26-12-27-20)11-18(31-22)28-6-8-30-9-7-28/h2-5,10-12,21,29H,6-9H2,1H3. The second-order valence-electron chi connectivity index (χ2n) is 7.29. The van der Waals surface area contributed by atoms with Gasteiger partial charge in [-0.2, -0.15) is 0 Å². The first kappa shape index (κ1) is 19.9. The molecule has 0 radical (unpaired) electrons. The van der Waals surface area contributed by atoms with Crippen molar-refractivity contribution in [3.05, 3.63) is 65.8 Å². The molecular formula is C22H20FN5O2S. The van der Waals surface area contributed by atoms with Gasteiger partial charge in [-0.3, -0.25) is 9.97 Å². The van der Waals surface area contributed by atoms with Gasteiger partial charge in [0.2, 0.25) is 0 Å². The molecule has 7 nitrogen and oxygen atoms in total. The molecule has 1 aliphatic rings. The molecule has 0 spiro atoms. The zero-order valence-corrected chi connectivity index (χ0v) is 17.6. The lowest BCUT2D eigenvalue weighted by molar-refractivity contribution is 0.123. The Morgan fingerprint density at radius 1 is 1.10 bits per heavy atom. The van der Waals surface area contributed by atoms with Gasteiger partial charge in [0.1, 0.15) is 18.2 Å². The van der Waals surface area contributed by atoms with Gasteiger partial charge < -0.3 is 14.7 Å². The first-order valence-corrected chi connectivity index (χ1v) is 10.8. The third-order valence-corrected chi connectivity index (χ3v) is 6.55. The van der Waals surface area contributed by atoms with E-state index in [1.54, 1.807) is 36.6 Å². The van der Waals surface area contributed by atoms with Gasteiger partial charge in [0, 0.05) is 31.0 Å². The number of thiophene rings is 1. The van der Waals surface area contributed by atoms with Gasteiger partial charge in [0.05, 0.1) is 45.5 Å². The minimum Gasteiger partial charge on any atom is -0.382 e. The summed E-state index contributed by atoms with van der Waals surface area (Å²) >= 11 is 1.54. The van der Waals surface area contributed by atoms with E-state index >= 15 is 0 Å². The first-order chi connectivity index (χ1) is 15.1. The molecule has 1 aromatic carbocycles. The maximum Gasteiger partial charge on any atom is 0.132 e. The molecule has 0 amide bonds. The predicted molar refractivity (Wildman–Crippen MR) is 117 cm³/mol. The highest BCUT2D eigenvalue weighted by atomic mass is 32.1. The summed E-state index contributed by atoms with van der Waals surface area (Å²) in [7, 11) is 0. The highest BCUT2D eigenvalue weighted by Gasteiger charge is 2.21. The van der Waals surface area contributed by atoms with Crippen LogP contribution in [0.4, 0.5) is 9.39 Å². The van der Waals surface area contributed by atoms with Crippen LogP contribution in [0.25, 0.3) is 21.5 Å². The van der Waals surface area contributed by atoms with Crippen molar-refractivity contribution in [3.63, 3.8) is 0 Å². The van der Waals surface area contributed by atoms with Crippen LogP contribution in [0.15, 0.2) is 43.0 Å². The van der Waals surface area contributed by atoms with E-state index in [1.807, 2.05) is 6.07 Å². The van der Waals surface area contributed by atoms with Crippen molar-refractivity contribution in [1.82, 2.24) is 19.9 Å². The summed E-state index contributed by atoms with van der Waals surface area (Å²) < 4.78 is 21.1. The van der Waals surface area contributed by atoms with Crippen LogP contribution in [0, 0.1) is 12.7 Å². The molecule has 1 aliphatic heterocycles. The number of aliphatic hydroxyl groups excluding tert-OH is 1. The van der Waals surface area contributed by atoms with Gasteiger partial charge in [0.25, 0.3) is 0 Å². The molecule has 0 saturated carbocycles. The van der Waals surface area contributed by atoms with E-state index in [0.717, 1.165) is 28.3 Å². The second kappa shape index (κ2) is 8.26. The number of nitrogens with zero attached hydrogens (tertiary/aromatic N) is 5. The third-order valence-electron chi connectivity index (χ3n) is 5.36. The fraction of sp³-hybridized carbons (Fsp3) is 0.273. The average molecular weight is 438 g/mol. The molecule has 1 saturated heterocycles. The number of halogens is 1. The number of hydrogen-bond donors (Lipinski definition) is 1. The minimum atomic E-state index is -1.02. The Labute approximate surface area is 182 Å². The summed E-state index contributed by atoms with van der Waals surface area (Å²) in [5.74, 6) is -0.409. The number of ether oxygens (including phenoxy) is 1. The van der Waals surface area contributed by atoms with Crippen molar-refractivity contribution in [2.24, 2.45) is 0 Å². The monoisotopic (exact) mass is 437 g/mol. The summed E-state index contributed by atoms with van der Waals surface area (Å²) in [5.41, 5.74) is 3.19. The Kier molecular flexibility index (Phi) is 5.31. The highest BCUT2D eigenvalue weighted by Crippen LogP contribution is 2.38. The molecule has 4 heterocycles. The second-order valence-corrected chi connectivity index (χ2v) is 8.32. The van der Waals surface area contributed by atoms with Crippen molar-refractivity contribution in [2.45, 2.75) is 13.0 Å². The zero-order chi connectivity index (χ0) is 21.4. The van der Waals surface area contributed by atoms with Gasteiger partial charge in [0.15, 0.2) is 0 Å². The van der Waals surface area contributed by atoms with Crippen LogP contribution in [-0.2, 0) is 4.74 Å². The van der Waals surface area contributed by atoms with Crippen molar-refractivity contribution in [1.29, 1.82) is 0 Å². The molecule has 0 bridgehead atoms. The molecule has 1 unspecified atom stereocenters. The van der Waals surface area contributed by atoms with E-state index in [2.05, 4.69) is 24.8 Å². The number of aryl methyl sites for hydroxylation is 1. The van der Waals surface area contributed by atoms with Gasteiger partial charge >= 0.3 is 0 Å². The van der Waals surface area contributed by atoms with Crippen molar-refractivity contribution >= 4 is 26.6 Å². The largest absolute Gasteiger partial charge is 0.382 e. The van der Waals surface area contributed by atoms with Crippen molar-refractivity contribution < 1.29 is 14.2 Å². The molecule has 0 aliphatic carbocycles. The third kappa shape index (κ3) is 3.76. The van der Waals surface area contributed by atoms with Gasteiger partial charge in [-0.25, -0.2) is 14.4 Å². The Morgan fingerprint density at radius 3 is 2.71 bits per heavy atom. The van der Waals surface area contributed by atoms with Crippen LogP contribution in [0.2, 0.25) is 0 Å². The molecular weight excluding hydrogens is 417 g/mol. The Bertz CT molecular complexity index is 1240. The molecule has 4 aromatic rings. The lowest BCUT2D eigenvalue weighted by Crippen LogP contribution is -2.35. The zero-order valence-electron chi connectivity index (χ0n) is 16.8.